The molecule has 1 aromatic carbocycles. The van der Waals surface area contributed by atoms with Crippen LogP contribution >= 0.6 is 0 Å². The van der Waals surface area contributed by atoms with Gasteiger partial charge in [-0.15, -0.1) is 0 Å². The molecule has 0 fully saturated rings. The highest BCUT2D eigenvalue weighted by atomic mass is 16.3. The fourth-order valence-electron chi connectivity index (χ4n) is 2.34. The van der Waals surface area contributed by atoms with E-state index in [1.807, 2.05) is 12.1 Å². The van der Waals surface area contributed by atoms with Gasteiger partial charge in [0.15, 0.2) is 0 Å². The lowest BCUT2D eigenvalue weighted by atomic mass is 9.78. The molecule has 0 saturated carbocycles. The normalized spacial score (nSPS) is 15.2. The molecule has 19 heavy (non-hydrogen) atoms. The topological polar surface area (TPSA) is 20.2 Å². The molecule has 0 aliphatic carbocycles. The van der Waals surface area contributed by atoms with E-state index in [0.717, 1.165) is 18.3 Å². The van der Waals surface area contributed by atoms with Gasteiger partial charge < -0.3 is 5.11 Å². The van der Waals surface area contributed by atoms with Gasteiger partial charge in [-0.1, -0.05) is 66.0 Å². The van der Waals surface area contributed by atoms with E-state index in [0.29, 0.717) is 11.2 Å². The molecule has 0 aromatic heterocycles. The van der Waals surface area contributed by atoms with Crippen LogP contribution in [0.4, 0.5) is 0 Å². The third kappa shape index (κ3) is 6.13. The van der Waals surface area contributed by atoms with E-state index in [1.165, 1.54) is 24.8 Å². The van der Waals surface area contributed by atoms with Crippen LogP contribution in [0.15, 0.2) is 24.3 Å². The minimum Gasteiger partial charge on any atom is -0.508 e. The largest absolute Gasteiger partial charge is 0.508 e. The Morgan fingerprint density at radius 2 is 1.58 bits per heavy atom. The second-order valence-corrected chi connectivity index (χ2v) is 7.17. The molecule has 1 aromatic rings. The Bertz CT molecular complexity index is 358. The van der Waals surface area contributed by atoms with Crippen LogP contribution in [0.3, 0.4) is 0 Å². The molecule has 0 heterocycles. The Morgan fingerprint density at radius 1 is 1.00 bits per heavy atom. The monoisotopic (exact) mass is 262 g/mol. The van der Waals surface area contributed by atoms with E-state index in [9.17, 15) is 5.11 Å². The Balaban J connectivity index is 2.28. The van der Waals surface area contributed by atoms with Gasteiger partial charge in [-0.05, 0) is 41.4 Å². The highest BCUT2D eigenvalue weighted by Crippen LogP contribution is 2.30. The number of phenols is 1. The lowest BCUT2D eigenvalue weighted by Crippen LogP contribution is -2.17. The van der Waals surface area contributed by atoms with Crippen molar-refractivity contribution in [2.24, 2.45) is 17.3 Å². The average Bonchev–Trinajstić information content (AvgIpc) is 2.31. The van der Waals surface area contributed by atoms with Gasteiger partial charge in [0.05, 0.1) is 0 Å². The summed E-state index contributed by atoms with van der Waals surface area (Å²) in [7, 11) is 0. The van der Waals surface area contributed by atoms with Crippen LogP contribution in [-0.2, 0) is 6.42 Å². The maximum absolute atomic E-state index is 9.27. The quantitative estimate of drug-likeness (QED) is 0.725. The van der Waals surface area contributed by atoms with Crippen molar-refractivity contribution in [1.29, 1.82) is 0 Å². The van der Waals surface area contributed by atoms with Gasteiger partial charge in [0, 0.05) is 0 Å². The van der Waals surface area contributed by atoms with Crippen LogP contribution in [0, 0.1) is 17.3 Å². The maximum Gasteiger partial charge on any atom is 0.115 e. The molecular weight excluding hydrogens is 232 g/mol. The summed E-state index contributed by atoms with van der Waals surface area (Å²) in [5.74, 6) is 1.86. The predicted octanol–water partition coefficient (Wildman–Crippen LogP) is 5.42. The number of benzene rings is 1. The molecule has 1 heteroatoms. The average molecular weight is 262 g/mol. The SMILES string of the molecule is CC(CCCC(C)C(C)(C)C)Cc1ccc(O)cc1. The standard InChI is InChI=1S/C18H30O/c1-14(7-6-8-15(2)18(3,4)5)13-16-9-11-17(19)12-10-16/h9-12,14-15,19H,6-8,13H2,1-5H3. The molecule has 0 aliphatic rings. The van der Waals surface area contributed by atoms with Crippen LogP contribution in [0.1, 0.15) is 59.4 Å². The van der Waals surface area contributed by atoms with Gasteiger partial charge >= 0.3 is 0 Å². The fourth-order valence-corrected chi connectivity index (χ4v) is 2.34. The van der Waals surface area contributed by atoms with E-state index in [4.69, 9.17) is 0 Å². The van der Waals surface area contributed by atoms with Gasteiger partial charge in [0.2, 0.25) is 0 Å². The smallest absolute Gasteiger partial charge is 0.115 e. The molecule has 2 atom stereocenters. The number of phenolic OH excluding ortho intramolecular Hbond substituents is 1. The Kier molecular flexibility index (Phi) is 5.90. The van der Waals surface area contributed by atoms with E-state index < -0.39 is 0 Å². The Hall–Kier alpha value is -0.980. The molecule has 0 aliphatic heterocycles. The maximum atomic E-state index is 9.27. The van der Waals surface area contributed by atoms with Crippen molar-refractivity contribution in [2.45, 2.75) is 60.3 Å². The molecule has 1 rings (SSSR count). The molecule has 1 N–H and O–H groups in total. The summed E-state index contributed by atoms with van der Waals surface area (Å²) in [5.41, 5.74) is 1.76. The molecule has 0 spiro atoms. The van der Waals surface area contributed by atoms with E-state index in [2.05, 4.69) is 34.6 Å². The van der Waals surface area contributed by atoms with Crippen molar-refractivity contribution in [2.75, 3.05) is 0 Å². The van der Waals surface area contributed by atoms with Crippen molar-refractivity contribution in [3.05, 3.63) is 29.8 Å². The number of rotatable bonds is 6. The number of hydrogen-bond donors (Lipinski definition) is 1. The highest BCUT2D eigenvalue weighted by molar-refractivity contribution is 5.26. The molecule has 0 saturated heterocycles. The molecular formula is C18H30O. The molecule has 0 bridgehead atoms. The summed E-state index contributed by atoms with van der Waals surface area (Å²) in [5, 5.41) is 9.27. The van der Waals surface area contributed by atoms with Crippen molar-refractivity contribution in [1.82, 2.24) is 0 Å². The molecule has 0 amide bonds. The van der Waals surface area contributed by atoms with E-state index in [1.54, 1.807) is 12.1 Å². The lowest BCUT2D eigenvalue weighted by Gasteiger charge is -2.27. The first kappa shape index (κ1) is 16.1. The third-order valence-corrected chi connectivity index (χ3v) is 4.33. The van der Waals surface area contributed by atoms with Crippen molar-refractivity contribution in [3.63, 3.8) is 0 Å². The minimum absolute atomic E-state index is 0.357. The molecule has 1 nitrogen and oxygen atoms in total. The molecule has 0 radical (unpaired) electrons. The fraction of sp³-hybridized carbons (Fsp3) is 0.667. The van der Waals surface area contributed by atoms with Crippen LogP contribution in [-0.4, -0.2) is 5.11 Å². The van der Waals surface area contributed by atoms with Gasteiger partial charge in [-0.3, -0.25) is 0 Å². The van der Waals surface area contributed by atoms with E-state index in [-0.39, 0.29) is 0 Å². The third-order valence-electron chi connectivity index (χ3n) is 4.33. The van der Waals surface area contributed by atoms with Gasteiger partial charge in [-0.25, -0.2) is 0 Å². The zero-order valence-electron chi connectivity index (χ0n) is 13.2. The first-order valence-corrected chi connectivity index (χ1v) is 7.57. The Morgan fingerprint density at radius 3 is 2.11 bits per heavy atom. The lowest BCUT2D eigenvalue weighted by molar-refractivity contribution is 0.237. The van der Waals surface area contributed by atoms with Crippen molar-refractivity contribution in [3.8, 4) is 5.75 Å². The second kappa shape index (κ2) is 6.98. The zero-order chi connectivity index (χ0) is 14.5. The molecule has 2 unspecified atom stereocenters. The zero-order valence-corrected chi connectivity index (χ0v) is 13.2. The van der Waals surface area contributed by atoms with Crippen LogP contribution < -0.4 is 0 Å². The summed E-state index contributed by atoms with van der Waals surface area (Å²) in [4.78, 5) is 0. The van der Waals surface area contributed by atoms with Crippen LogP contribution in [0.2, 0.25) is 0 Å². The highest BCUT2D eigenvalue weighted by Gasteiger charge is 2.19. The number of aromatic hydroxyl groups is 1. The predicted molar refractivity (Wildman–Crippen MR) is 83.4 cm³/mol. The van der Waals surface area contributed by atoms with Gasteiger partial charge in [-0.2, -0.15) is 0 Å². The summed E-state index contributed by atoms with van der Waals surface area (Å²) in [6, 6.07) is 7.63. The summed E-state index contributed by atoms with van der Waals surface area (Å²) >= 11 is 0. The van der Waals surface area contributed by atoms with Crippen LogP contribution in [0.25, 0.3) is 0 Å². The number of hydrogen-bond acceptors (Lipinski definition) is 1. The first-order valence-electron chi connectivity index (χ1n) is 7.57. The second-order valence-electron chi connectivity index (χ2n) is 7.17. The molecule has 108 valence electrons. The van der Waals surface area contributed by atoms with E-state index >= 15 is 0 Å². The minimum atomic E-state index is 0.357. The summed E-state index contributed by atoms with van der Waals surface area (Å²) in [6.07, 6.45) is 5.05. The van der Waals surface area contributed by atoms with Gasteiger partial charge in [0.1, 0.15) is 5.75 Å². The Labute approximate surface area is 119 Å². The summed E-state index contributed by atoms with van der Waals surface area (Å²) < 4.78 is 0. The van der Waals surface area contributed by atoms with Crippen molar-refractivity contribution < 1.29 is 5.11 Å². The van der Waals surface area contributed by atoms with Gasteiger partial charge in [0.25, 0.3) is 0 Å². The van der Waals surface area contributed by atoms with Crippen LogP contribution in [0.5, 0.6) is 5.75 Å². The first-order chi connectivity index (χ1) is 8.79. The summed E-state index contributed by atoms with van der Waals surface area (Å²) in [6.45, 7) is 11.7. The van der Waals surface area contributed by atoms with Crippen molar-refractivity contribution >= 4 is 0 Å².